The summed E-state index contributed by atoms with van der Waals surface area (Å²) in [6.07, 6.45) is -0.722. The Morgan fingerprint density at radius 3 is 2.61 bits per heavy atom. The van der Waals surface area contributed by atoms with Gasteiger partial charge in [0.05, 0.1) is 17.8 Å². The molecule has 2 amide bonds. The predicted molar refractivity (Wildman–Crippen MR) is 95.8 cm³/mol. The van der Waals surface area contributed by atoms with Crippen molar-refractivity contribution in [2.45, 2.75) is 6.10 Å². The quantitative estimate of drug-likeness (QED) is 0.757. The van der Waals surface area contributed by atoms with Gasteiger partial charge in [0.1, 0.15) is 5.75 Å². The number of fused-ring (bicyclic) bond motifs is 1. The number of para-hydroxylation sites is 2. The Bertz CT molecular complexity index is 763. The Kier molecular flexibility index (Phi) is 4.51. The van der Waals surface area contributed by atoms with E-state index in [1.54, 1.807) is 24.1 Å². The number of halogens is 1. The monoisotopic (exact) mass is 422 g/mol. The molecule has 23 heavy (non-hydrogen) atoms. The normalized spacial score (nSPS) is 16.3. The number of hydrogen-bond donors (Lipinski definition) is 1. The zero-order valence-corrected chi connectivity index (χ0v) is 14.6. The van der Waals surface area contributed by atoms with E-state index in [0.29, 0.717) is 17.0 Å². The molecule has 0 spiro atoms. The van der Waals surface area contributed by atoms with Crippen LogP contribution in [0.25, 0.3) is 0 Å². The van der Waals surface area contributed by atoms with Crippen LogP contribution in [0.2, 0.25) is 0 Å². The molecule has 0 radical (unpaired) electrons. The van der Waals surface area contributed by atoms with Crippen molar-refractivity contribution in [3.05, 3.63) is 57.7 Å². The van der Waals surface area contributed by atoms with Crippen molar-refractivity contribution < 1.29 is 14.3 Å². The lowest BCUT2D eigenvalue weighted by Crippen LogP contribution is -2.50. The van der Waals surface area contributed by atoms with E-state index < -0.39 is 6.10 Å². The molecule has 0 aromatic heterocycles. The van der Waals surface area contributed by atoms with Crippen LogP contribution in [0.3, 0.4) is 0 Å². The van der Waals surface area contributed by atoms with E-state index in [-0.39, 0.29) is 18.4 Å². The predicted octanol–water partition coefficient (Wildman–Crippen LogP) is 2.45. The van der Waals surface area contributed by atoms with Crippen molar-refractivity contribution >= 4 is 40.1 Å². The number of carbonyl (C=O) groups excluding carboxylic acids is 2. The summed E-state index contributed by atoms with van der Waals surface area (Å²) in [6, 6.07) is 14.6. The lowest BCUT2D eigenvalue weighted by Gasteiger charge is -2.34. The van der Waals surface area contributed by atoms with Gasteiger partial charge in [0.25, 0.3) is 11.8 Å². The molecule has 0 fully saturated rings. The zero-order chi connectivity index (χ0) is 16.4. The number of nitrogens with zero attached hydrogens (tertiary/aromatic N) is 1. The third-order valence-corrected chi connectivity index (χ3v) is 4.60. The summed E-state index contributed by atoms with van der Waals surface area (Å²) in [5.41, 5.74) is 1.29. The molecule has 5 nitrogen and oxygen atoms in total. The highest BCUT2D eigenvalue weighted by molar-refractivity contribution is 14.1. The summed E-state index contributed by atoms with van der Waals surface area (Å²) in [4.78, 5) is 26.6. The summed E-state index contributed by atoms with van der Waals surface area (Å²) in [5.74, 6) is 0.145. The molecule has 6 heteroatoms. The van der Waals surface area contributed by atoms with E-state index in [9.17, 15) is 9.59 Å². The Morgan fingerprint density at radius 2 is 1.87 bits per heavy atom. The van der Waals surface area contributed by atoms with Gasteiger partial charge in [-0.05, 0) is 46.9 Å². The number of benzene rings is 2. The van der Waals surface area contributed by atoms with Gasteiger partial charge in [-0.15, -0.1) is 0 Å². The first-order valence-electron chi connectivity index (χ1n) is 7.15. The molecule has 1 unspecified atom stereocenters. The molecule has 3 rings (SSSR count). The molecule has 0 saturated heterocycles. The van der Waals surface area contributed by atoms with Crippen LogP contribution in [0, 0.1) is 3.57 Å². The van der Waals surface area contributed by atoms with Crippen LogP contribution >= 0.6 is 22.6 Å². The van der Waals surface area contributed by atoms with Gasteiger partial charge in [0.15, 0.2) is 6.10 Å². The van der Waals surface area contributed by atoms with Crippen LogP contribution in [0.15, 0.2) is 48.5 Å². The van der Waals surface area contributed by atoms with Crippen LogP contribution in [-0.4, -0.2) is 31.5 Å². The first kappa shape index (κ1) is 15.8. The number of nitrogens with one attached hydrogen (secondary N) is 1. The minimum atomic E-state index is -0.722. The molecule has 0 bridgehead atoms. The second-order valence-corrected chi connectivity index (χ2v) is 6.25. The number of hydrogen-bond acceptors (Lipinski definition) is 3. The Balaban J connectivity index is 2.01. The molecule has 2 aromatic carbocycles. The molecular weight excluding hydrogens is 407 g/mol. The van der Waals surface area contributed by atoms with E-state index >= 15 is 0 Å². The standard InChI is InChI=1S/C17H15IN2O3/c1-19-16(21)15-10-20(13-8-4-5-9-14(13)23-15)17(22)11-6-2-3-7-12(11)18/h2-9,15H,10H2,1H3,(H,19,21). The van der Waals surface area contributed by atoms with Gasteiger partial charge in [0.2, 0.25) is 0 Å². The zero-order valence-electron chi connectivity index (χ0n) is 12.5. The lowest BCUT2D eigenvalue weighted by molar-refractivity contribution is -0.127. The summed E-state index contributed by atoms with van der Waals surface area (Å²) >= 11 is 2.14. The molecule has 1 aliphatic rings. The number of ether oxygens (including phenoxy) is 1. The van der Waals surface area contributed by atoms with Gasteiger partial charge in [-0.1, -0.05) is 24.3 Å². The van der Waals surface area contributed by atoms with Gasteiger partial charge in [-0.2, -0.15) is 0 Å². The topological polar surface area (TPSA) is 58.6 Å². The SMILES string of the molecule is CNC(=O)C1CN(C(=O)c2ccccc2I)c2ccccc2O1. The Hall–Kier alpha value is -2.09. The smallest absolute Gasteiger partial charge is 0.262 e. The first-order valence-corrected chi connectivity index (χ1v) is 8.23. The molecule has 2 aromatic rings. The minimum Gasteiger partial charge on any atom is -0.477 e. The molecule has 1 N–H and O–H groups in total. The highest BCUT2D eigenvalue weighted by Gasteiger charge is 2.34. The van der Waals surface area contributed by atoms with Gasteiger partial charge >= 0.3 is 0 Å². The summed E-state index contributed by atoms with van der Waals surface area (Å²) in [7, 11) is 1.55. The van der Waals surface area contributed by atoms with Crippen molar-refractivity contribution in [2.75, 3.05) is 18.5 Å². The van der Waals surface area contributed by atoms with Crippen molar-refractivity contribution in [3.8, 4) is 5.75 Å². The Morgan fingerprint density at radius 1 is 1.17 bits per heavy atom. The fourth-order valence-corrected chi connectivity index (χ4v) is 3.12. The fourth-order valence-electron chi connectivity index (χ4n) is 2.50. The first-order chi connectivity index (χ1) is 11.1. The molecule has 1 aliphatic heterocycles. The number of amides is 2. The second kappa shape index (κ2) is 6.57. The molecule has 0 aliphatic carbocycles. The second-order valence-electron chi connectivity index (χ2n) is 5.08. The maximum Gasteiger partial charge on any atom is 0.262 e. The molecular formula is C17H15IN2O3. The van der Waals surface area contributed by atoms with Crippen LogP contribution < -0.4 is 15.0 Å². The summed E-state index contributed by atoms with van der Waals surface area (Å²) in [5, 5.41) is 2.57. The van der Waals surface area contributed by atoms with E-state index in [1.807, 2.05) is 36.4 Å². The fraction of sp³-hybridized carbons (Fsp3) is 0.176. The van der Waals surface area contributed by atoms with Gasteiger partial charge in [0, 0.05) is 10.6 Å². The molecule has 1 heterocycles. The number of rotatable bonds is 2. The molecule has 118 valence electrons. The van der Waals surface area contributed by atoms with Gasteiger partial charge < -0.3 is 15.0 Å². The Labute approximate surface area is 147 Å². The highest BCUT2D eigenvalue weighted by atomic mass is 127. The number of likely N-dealkylation sites (N-methyl/N-ethyl adjacent to an activating group) is 1. The van der Waals surface area contributed by atoms with Crippen LogP contribution in [0.1, 0.15) is 10.4 Å². The number of carbonyl (C=O) groups is 2. The van der Waals surface area contributed by atoms with E-state index in [0.717, 1.165) is 3.57 Å². The van der Waals surface area contributed by atoms with Crippen molar-refractivity contribution in [1.82, 2.24) is 5.32 Å². The van der Waals surface area contributed by atoms with Crippen LogP contribution in [-0.2, 0) is 4.79 Å². The summed E-state index contributed by atoms with van der Waals surface area (Å²) in [6.45, 7) is 0.181. The van der Waals surface area contributed by atoms with Gasteiger partial charge in [-0.25, -0.2) is 0 Å². The van der Waals surface area contributed by atoms with E-state index in [1.165, 1.54) is 0 Å². The van der Waals surface area contributed by atoms with E-state index in [4.69, 9.17) is 4.74 Å². The maximum absolute atomic E-state index is 13.0. The third-order valence-electron chi connectivity index (χ3n) is 3.66. The van der Waals surface area contributed by atoms with E-state index in [2.05, 4.69) is 27.9 Å². The summed E-state index contributed by atoms with van der Waals surface area (Å²) < 4.78 is 6.59. The lowest BCUT2D eigenvalue weighted by atomic mass is 10.1. The maximum atomic E-state index is 13.0. The van der Waals surface area contributed by atoms with Crippen molar-refractivity contribution in [3.63, 3.8) is 0 Å². The molecule has 1 atom stereocenters. The average Bonchev–Trinajstić information content (AvgIpc) is 2.60. The highest BCUT2D eigenvalue weighted by Crippen LogP contribution is 2.34. The van der Waals surface area contributed by atoms with Crippen molar-refractivity contribution in [1.29, 1.82) is 0 Å². The largest absolute Gasteiger partial charge is 0.477 e. The van der Waals surface area contributed by atoms with Crippen molar-refractivity contribution in [2.24, 2.45) is 0 Å². The van der Waals surface area contributed by atoms with Crippen LogP contribution in [0.4, 0.5) is 5.69 Å². The number of anilines is 1. The molecule has 0 saturated carbocycles. The third kappa shape index (κ3) is 3.03. The van der Waals surface area contributed by atoms with Crippen LogP contribution in [0.5, 0.6) is 5.75 Å². The average molecular weight is 422 g/mol. The van der Waals surface area contributed by atoms with Gasteiger partial charge in [-0.3, -0.25) is 9.59 Å². The minimum absolute atomic E-state index is 0.139.